The first-order valence-electron chi connectivity index (χ1n) is 9.80. The van der Waals surface area contributed by atoms with Crippen molar-refractivity contribution in [2.45, 2.75) is 50.8 Å². The molecule has 152 valence electrons. The van der Waals surface area contributed by atoms with Crippen molar-refractivity contribution in [2.75, 3.05) is 11.9 Å². The van der Waals surface area contributed by atoms with Crippen LogP contribution in [0.15, 0.2) is 42.6 Å². The minimum Gasteiger partial charge on any atom is -0.367 e. The molecule has 0 spiro atoms. The van der Waals surface area contributed by atoms with Gasteiger partial charge in [0.05, 0.1) is 5.25 Å². The molecule has 7 heteroatoms. The van der Waals surface area contributed by atoms with Gasteiger partial charge in [-0.2, -0.15) is 0 Å². The van der Waals surface area contributed by atoms with E-state index >= 15 is 0 Å². The fourth-order valence-electron chi connectivity index (χ4n) is 3.44. The van der Waals surface area contributed by atoms with Crippen molar-refractivity contribution < 1.29 is 12.8 Å². The molecule has 5 nitrogen and oxygen atoms in total. The molecule has 0 radical (unpaired) electrons. The van der Waals surface area contributed by atoms with Gasteiger partial charge in [-0.05, 0) is 75.3 Å². The molecule has 1 aliphatic carbocycles. The Labute approximate surface area is 166 Å². The van der Waals surface area contributed by atoms with E-state index in [9.17, 15) is 12.8 Å². The van der Waals surface area contributed by atoms with E-state index in [2.05, 4.69) is 15.0 Å². The number of aromatic nitrogens is 1. The molecule has 1 aromatic carbocycles. The first-order chi connectivity index (χ1) is 13.3. The van der Waals surface area contributed by atoms with Crippen LogP contribution in [0.2, 0.25) is 0 Å². The van der Waals surface area contributed by atoms with Crippen molar-refractivity contribution in [3.63, 3.8) is 0 Å². The normalized spacial score (nSPS) is 20.3. The Balaban J connectivity index is 1.48. The molecule has 0 saturated heterocycles. The summed E-state index contributed by atoms with van der Waals surface area (Å²) in [5.74, 6) is 0.936. The average molecular weight is 406 g/mol. The topological polar surface area (TPSA) is 71.1 Å². The lowest BCUT2D eigenvalue weighted by Crippen LogP contribution is -2.37. The van der Waals surface area contributed by atoms with Crippen molar-refractivity contribution in [1.82, 2.24) is 9.71 Å². The molecule has 1 saturated carbocycles. The Bertz CT molecular complexity index is 877. The summed E-state index contributed by atoms with van der Waals surface area (Å²) in [5, 5.41) is 3.06. The SMILES string of the molecule is CC(C)S(=O)(=O)NC[C@H]1CC[C@H](Nc2ccc(-c3cccc(F)c3)cn2)CC1. The van der Waals surface area contributed by atoms with Gasteiger partial charge in [-0.3, -0.25) is 0 Å². The van der Waals surface area contributed by atoms with Gasteiger partial charge in [0.1, 0.15) is 11.6 Å². The summed E-state index contributed by atoms with van der Waals surface area (Å²) >= 11 is 0. The zero-order chi connectivity index (χ0) is 20.1. The van der Waals surface area contributed by atoms with Gasteiger partial charge >= 0.3 is 0 Å². The standard InChI is InChI=1S/C21H28FN3O2S/c1-15(2)28(26,27)24-13-16-6-9-20(10-7-16)25-21-11-8-18(14-23-21)17-4-3-5-19(22)12-17/h3-5,8,11-12,14-16,20,24H,6-7,9-10,13H2,1-2H3,(H,23,25)/t16-,20-. The number of hydrogen-bond donors (Lipinski definition) is 2. The molecule has 1 aliphatic rings. The fraction of sp³-hybridized carbons (Fsp3) is 0.476. The largest absolute Gasteiger partial charge is 0.367 e. The predicted molar refractivity (Wildman–Crippen MR) is 111 cm³/mol. The Morgan fingerprint density at radius 2 is 1.86 bits per heavy atom. The summed E-state index contributed by atoms with van der Waals surface area (Å²) < 4.78 is 39.8. The molecule has 0 aliphatic heterocycles. The summed E-state index contributed by atoms with van der Waals surface area (Å²) in [5.41, 5.74) is 1.69. The highest BCUT2D eigenvalue weighted by atomic mass is 32.2. The number of rotatable bonds is 7. The summed E-state index contributed by atoms with van der Waals surface area (Å²) in [4.78, 5) is 4.46. The molecular formula is C21H28FN3O2S. The van der Waals surface area contributed by atoms with Crippen LogP contribution in [0.3, 0.4) is 0 Å². The molecular weight excluding hydrogens is 377 g/mol. The molecule has 0 unspecified atom stereocenters. The molecule has 0 bridgehead atoms. The molecule has 3 rings (SSSR count). The van der Waals surface area contributed by atoms with Gasteiger partial charge in [0.15, 0.2) is 0 Å². The quantitative estimate of drug-likeness (QED) is 0.725. The summed E-state index contributed by atoms with van der Waals surface area (Å²) in [6.45, 7) is 3.90. The first kappa shape index (κ1) is 20.7. The third kappa shape index (κ3) is 5.52. The molecule has 0 atom stereocenters. The lowest BCUT2D eigenvalue weighted by atomic mass is 9.86. The van der Waals surface area contributed by atoms with Gasteiger partial charge in [0, 0.05) is 24.3 Å². The number of sulfonamides is 1. The number of pyridine rings is 1. The minimum atomic E-state index is -3.19. The van der Waals surface area contributed by atoms with Crippen molar-refractivity contribution in [3.8, 4) is 11.1 Å². The van der Waals surface area contributed by atoms with Crippen molar-refractivity contribution in [3.05, 3.63) is 48.4 Å². The maximum absolute atomic E-state index is 13.4. The second-order valence-corrected chi connectivity index (χ2v) is 10.1. The Morgan fingerprint density at radius 3 is 2.46 bits per heavy atom. The highest BCUT2D eigenvalue weighted by Crippen LogP contribution is 2.27. The smallest absolute Gasteiger partial charge is 0.213 e. The zero-order valence-electron chi connectivity index (χ0n) is 16.4. The Kier molecular flexibility index (Phi) is 6.67. The maximum Gasteiger partial charge on any atom is 0.213 e. The monoisotopic (exact) mass is 405 g/mol. The molecule has 1 aromatic heterocycles. The number of nitrogens with zero attached hydrogens (tertiary/aromatic N) is 1. The molecule has 28 heavy (non-hydrogen) atoms. The lowest BCUT2D eigenvalue weighted by molar-refractivity contribution is 0.336. The van der Waals surface area contributed by atoms with Crippen LogP contribution in [-0.4, -0.2) is 31.2 Å². The second kappa shape index (κ2) is 9.01. The van der Waals surface area contributed by atoms with Crippen LogP contribution in [0.4, 0.5) is 10.2 Å². The predicted octanol–water partition coefficient (Wildman–Crippen LogP) is 4.19. The van der Waals surface area contributed by atoms with Crippen LogP contribution in [0.1, 0.15) is 39.5 Å². The molecule has 0 amide bonds. The van der Waals surface area contributed by atoms with E-state index in [0.717, 1.165) is 42.6 Å². The van der Waals surface area contributed by atoms with E-state index < -0.39 is 15.3 Å². The van der Waals surface area contributed by atoms with Crippen LogP contribution in [0.25, 0.3) is 11.1 Å². The Morgan fingerprint density at radius 1 is 1.11 bits per heavy atom. The number of benzene rings is 1. The van der Waals surface area contributed by atoms with Crippen molar-refractivity contribution in [2.24, 2.45) is 5.92 Å². The third-order valence-corrected chi connectivity index (χ3v) is 7.12. The Hall–Kier alpha value is -1.99. The maximum atomic E-state index is 13.4. The lowest BCUT2D eigenvalue weighted by Gasteiger charge is -2.29. The van der Waals surface area contributed by atoms with Gasteiger partial charge in [-0.1, -0.05) is 12.1 Å². The van der Waals surface area contributed by atoms with Gasteiger partial charge in [0.25, 0.3) is 0 Å². The van der Waals surface area contributed by atoms with Gasteiger partial charge in [-0.25, -0.2) is 22.5 Å². The van der Waals surface area contributed by atoms with Gasteiger partial charge < -0.3 is 5.32 Å². The van der Waals surface area contributed by atoms with E-state index in [1.54, 1.807) is 26.1 Å². The van der Waals surface area contributed by atoms with Crippen LogP contribution in [0, 0.1) is 11.7 Å². The van der Waals surface area contributed by atoms with E-state index in [0.29, 0.717) is 18.5 Å². The highest BCUT2D eigenvalue weighted by Gasteiger charge is 2.23. The van der Waals surface area contributed by atoms with Crippen LogP contribution >= 0.6 is 0 Å². The van der Waals surface area contributed by atoms with Gasteiger partial charge in [0.2, 0.25) is 10.0 Å². The number of hydrogen-bond acceptors (Lipinski definition) is 4. The van der Waals surface area contributed by atoms with Crippen LogP contribution in [-0.2, 0) is 10.0 Å². The molecule has 1 heterocycles. The summed E-state index contributed by atoms with van der Waals surface area (Å²) in [7, 11) is -3.19. The third-order valence-electron chi connectivity index (χ3n) is 5.31. The van der Waals surface area contributed by atoms with Crippen molar-refractivity contribution >= 4 is 15.8 Å². The van der Waals surface area contributed by atoms with E-state index in [-0.39, 0.29) is 5.82 Å². The minimum absolute atomic E-state index is 0.257. The zero-order valence-corrected chi connectivity index (χ0v) is 17.2. The highest BCUT2D eigenvalue weighted by molar-refractivity contribution is 7.90. The van der Waals surface area contributed by atoms with Crippen LogP contribution < -0.4 is 10.0 Å². The van der Waals surface area contributed by atoms with E-state index in [1.165, 1.54) is 12.1 Å². The van der Waals surface area contributed by atoms with E-state index in [1.807, 2.05) is 18.2 Å². The number of anilines is 1. The first-order valence-corrected chi connectivity index (χ1v) is 11.3. The average Bonchev–Trinajstić information content (AvgIpc) is 2.68. The molecule has 2 aromatic rings. The van der Waals surface area contributed by atoms with Crippen LogP contribution in [0.5, 0.6) is 0 Å². The number of nitrogens with one attached hydrogen (secondary N) is 2. The summed E-state index contributed by atoms with van der Waals surface area (Å²) in [6, 6.07) is 10.7. The molecule has 1 fully saturated rings. The molecule has 2 N–H and O–H groups in total. The second-order valence-electron chi connectivity index (χ2n) is 7.75. The fourth-order valence-corrected chi connectivity index (χ4v) is 4.24. The van der Waals surface area contributed by atoms with E-state index in [4.69, 9.17) is 0 Å². The van der Waals surface area contributed by atoms with Gasteiger partial charge in [-0.15, -0.1) is 0 Å². The number of halogens is 1. The van der Waals surface area contributed by atoms with Crippen molar-refractivity contribution in [1.29, 1.82) is 0 Å². The summed E-state index contributed by atoms with van der Waals surface area (Å²) in [6.07, 6.45) is 5.70.